The molecule has 0 radical (unpaired) electrons. The number of nitrogens with zero attached hydrogens (tertiary/aromatic N) is 2. The molecular formula is C20H25N3O2. The van der Waals surface area contributed by atoms with Gasteiger partial charge in [-0.2, -0.15) is 0 Å². The van der Waals surface area contributed by atoms with Crippen molar-refractivity contribution in [3.05, 3.63) is 48.3 Å². The van der Waals surface area contributed by atoms with Gasteiger partial charge in [0.1, 0.15) is 11.4 Å². The standard InChI is InChI=1S/C20H25N3O2/c1-3-25-19-9-5-4-8-17(19)22-20(24)18-13-16(10-11-21-18)23-12-6-7-15(2)14-23/h4-5,8-11,13,15H,3,6-7,12,14H2,1-2H3,(H,22,24). The summed E-state index contributed by atoms with van der Waals surface area (Å²) in [6.07, 6.45) is 4.16. The van der Waals surface area contributed by atoms with E-state index in [-0.39, 0.29) is 5.91 Å². The molecule has 1 N–H and O–H groups in total. The molecule has 1 unspecified atom stereocenters. The van der Waals surface area contributed by atoms with Gasteiger partial charge in [-0.1, -0.05) is 19.1 Å². The van der Waals surface area contributed by atoms with Crippen LogP contribution in [0.4, 0.5) is 11.4 Å². The number of pyridine rings is 1. The van der Waals surface area contributed by atoms with Crippen molar-refractivity contribution in [2.45, 2.75) is 26.7 Å². The lowest BCUT2D eigenvalue weighted by Gasteiger charge is -2.32. The van der Waals surface area contributed by atoms with Gasteiger partial charge in [-0.3, -0.25) is 9.78 Å². The first kappa shape index (κ1) is 17.3. The fourth-order valence-corrected chi connectivity index (χ4v) is 3.20. The Hall–Kier alpha value is -2.56. The third-order valence-corrected chi connectivity index (χ3v) is 4.43. The molecule has 1 aromatic heterocycles. The highest BCUT2D eigenvalue weighted by molar-refractivity contribution is 6.04. The molecule has 1 saturated heterocycles. The van der Waals surface area contributed by atoms with Gasteiger partial charge in [-0.15, -0.1) is 0 Å². The monoisotopic (exact) mass is 339 g/mol. The van der Waals surface area contributed by atoms with Gasteiger partial charge in [-0.25, -0.2) is 0 Å². The van der Waals surface area contributed by atoms with Gasteiger partial charge < -0.3 is 15.0 Å². The number of para-hydroxylation sites is 2. The Balaban J connectivity index is 1.76. The van der Waals surface area contributed by atoms with Gasteiger partial charge in [0.15, 0.2) is 0 Å². The molecule has 0 spiro atoms. The third-order valence-electron chi connectivity index (χ3n) is 4.43. The van der Waals surface area contributed by atoms with E-state index < -0.39 is 0 Å². The van der Waals surface area contributed by atoms with E-state index in [2.05, 4.69) is 22.1 Å². The van der Waals surface area contributed by atoms with Crippen molar-refractivity contribution in [3.63, 3.8) is 0 Å². The van der Waals surface area contributed by atoms with Gasteiger partial charge in [-0.05, 0) is 49.9 Å². The second-order valence-corrected chi connectivity index (χ2v) is 6.48. The van der Waals surface area contributed by atoms with Crippen LogP contribution in [0.5, 0.6) is 5.75 Å². The molecule has 1 aliphatic rings. The van der Waals surface area contributed by atoms with E-state index in [1.807, 2.05) is 43.3 Å². The highest BCUT2D eigenvalue weighted by Gasteiger charge is 2.18. The number of nitrogens with one attached hydrogen (secondary N) is 1. The van der Waals surface area contributed by atoms with Crippen molar-refractivity contribution in [2.75, 3.05) is 29.9 Å². The van der Waals surface area contributed by atoms with Crippen LogP contribution in [0.15, 0.2) is 42.6 Å². The van der Waals surface area contributed by atoms with E-state index in [1.54, 1.807) is 6.20 Å². The molecule has 1 aliphatic heterocycles. The number of anilines is 2. The molecule has 1 atom stereocenters. The van der Waals surface area contributed by atoms with Gasteiger partial charge in [0, 0.05) is 25.0 Å². The highest BCUT2D eigenvalue weighted by atomic mass is 16.5. The summed E-state index contributed by atoms with van der Waals surface area (Å²) in [6.45, 7) is 6.80. The number of carbonyl (C=O) groups excluding carboxylic acids is 1. The first-order valence-electron chi connectivity index (χ1n) is 8.91. The smallest absolute Gasteiger partial charge is 0.274 e. The zero-order valence-electron chi connectivity index (χ0n) is 14.9. The normalized spacial score (nSPS) is 17.2. The number of hydrogen-bond donors (Lipinski definition) is 1. The highest BCUT2D eigenvalue weighted by Crippen LogP contribution is 2.26. The third kappa shape index (κ3) is 4.29. The number of carbonyl (C=O) groups is 1. The second kappa shape index (κ2) is 8.01. The average Bonchev–Trinajstić information content (AvgIpc) is 2.64. The molecule has 0 bridgehead atoms. The summed E-state index contributed by atoms with van der Waals surface area (Å²) in [5.41, 5.74) is 2.14. The van der Waals surface area contributed by atoms with E-state index in [1.165, 1.54) is 12.8 Å². The lowest BCUT2D eigenvalue weighted by atomic mass is 10.00. The molecule has 5 nitrogen and oxygen atoms in total. The summed E-state index contributed by atoms with van der Waals surface area (Å²) in [4.78, 5) is 19.2. The van der Waals surface area contributed by atoms with Gasteiger partial charge in [0.25, 0.3) is 5.91 Å². The van der Waals surface area contributed by atoms with E-state index in [0.717, 1.165) is 18.8 Å². The Kier molecular flexibility index (Phi) is 5.53. The average molecular weight is 339 g/mol. The quantitative estimate of drug-likeness (QED) is 0.895. The first-order chi connectivity index (χ1) is 12.2. The largest absolute Gasteiger partial charge is 0.492 e. The van der Waals surface area contributed by atoms with Crippen molar-refractivity contribution >= 4 is 17.3 Å². The molecular weight excluding hydrogens is 314 g/mol. The van der Waals surface area contributed by atoms with Crippen LogP contribution in [0.2, 0.25) is 0 Å². The molecule has 2 heterocycles. The molecule has 25 heavy (non-hydrogen) atoms. The summed E-state index contributed by atoms with van der Waals surface area (Å²) in [5.74, 6) is 1.12. The first-order valence-corrected chi connectivity index (χ1v) is 8.91. The molecule has 2 aromatic rings. The minimum atomic E-state index is -0.223. The van der Waals surface area contributed by atoms with Crippen LogP contribution in [-0.2, 0) is 0 Å². The van der Waals surface area contributed by atoms with Gasteiger partial charge in [0.2, 0.25) is 0 Å². The van der Waals surface area contributed by atoms with Gasteiger partial charge in [0.05, 0.1) is 12.3 Å². The van der Waals surface area contributed by atoms with Crippen LogP contribution in [-0.4, -0.2) is 30.6 Å². The number of ether oxygens (including phenoxy) is 1. The van der Waals surface area contributed by atoms with Crippen LogP contribution in [0.25, 0.3) is 0 Å². The van der Waals surface area contributed by atoms with E-state index in [9.17, 15) is 4.79 Å². The summed E-state index contributed by atoms with van der Waals surface area (Å²) in [6, 6.07) is 11.3. The summed E-state index contributed by atoms with van der Waals surface area (Å²) in [5, 5.41) is 2.91. The molecule has 1 fully saturated rings. The molecule has 132 valence electrons. The van der Waals surface area contributed by atoms with Crippen molar-refractivity contribution in [2.24, 2.45) is 5.92 Å². The zero-order valence-corrected chi connectivity index (χ0v) is 14.9. The van der Waals surface area contributed by atoms with E-state index in [0.29, 0.717) is 29.7 Å². The molecule has 0 aliphatic carbocycles. The number of aromatic nitrogens is 1. The zero-order chi connectivity index (χ0) is 17.6. The Bertz CT molecular complexity index is 732. The Morgan fingerprint density at radius 3 is 3.00 bits per heavy atom. The minimum Gasteiger partial charge on any atom is -0.492 e. The lowest BCUT2D eigenvalue weighted by Crippen LogP contribution is -2.34. The topological polar surface area (TPSA) is 54.5 Å². The number of rotatable bonds is 5. The van der Waals surface area contributed by atoms with Crippen LogP contribution in [0, 0.1) is 5.92 Å². The maximum absolute atomic E-state index is 12.6. The number of piperidine rings is 1. The summed E-state index contributed by atoms with van der Waals surface area (Å²) in [7, 11) is 0. The fourth-order valence-electron chi connectivity index (χ4n) is 3.20. The molecule has 1 aromatic carbocycles. The number of benzene rings is 1. The predicted molar refractivity (Wildman–Crippen MR) is 100 cm³/mol. The Labute approximate surface area is 149 Å². The predicted octanol–water partition coefficient (Wildman–Crippen LogP) is 3.97. The SMILES string of the molecule is CCOc1ccccc1NC(=O)c1cc(N2CCCC(C)C2)ccn1. The van der Waals surface area contributed by atoms with Crippen molar-refractivity contribution in [1.82, 2.24) is 4.98 Å². The Morgan fingerprint density at radius 1 is 1.36 bits per heavy atom. The second-order valence-electron chi connectivity index (χ2n) is 6.48. The van der Waals surface area contributed by atoms with Crippen LogP contribution >= 0.6 is 0 Å². The summed E-state index contributed by atoms with van der Waals surface area (Å²) >= 11 is 0. The number of amides is 1. The maximum atomic E-state index is 12.6. The maximum Gasteiger partial charge on any atom is 0.274 e. The van der Waals surface area contributed by atoms with E-state index >= 15 is 0 Å². The lowest BCUT2D eigenvalue weighted by molar-refractivity contribution is 0.102. The minimum absolute atomic E-state index is 0.223. The fraction of sp³-hybridized carbons (Fsp3) is 0.400. The van der Waals surface area contributed by atoms with Crippen LogP contribution in [0.1, 0.15) is 37.2 Å². The van der Waals surface area contributed by atoms with Crippen LogP contribution < -0.4 is 15.0 Å². The van der Waals surface area contributed by atoms with Crippen molar-refractivity contribution in [1.29, 1.82) is 0 Å². The van der Waals surface area contributed by atoms with Gasteiger partial charge >= 0.3 is 0 Å². The Morgan fingerprint density at radius 2 is 2.20 bits per heavy atom. The molecule has 3 rings (SSSR count). The molecule has 1 amide bonds. The van der Waals surface area contributed by atoms with Crippen molar-refractivity contribution < 1.29 is 9.53 Å². The van der Waals surface area contributed by atoms with Crippen molar-refractivity contribution in [3.8, 4) is 5.75 Å². The molecule has 5 heteroatoms. The van der Waals surface area contributed by atoms with Crippen LogP contribution in [0.3, 0.4) is 0 Å². The number of hydrogen-bond acceptors (Lipinski definition) is 4. The molecule has 0 saturated carbocycles. The van der Waals surface area contributed by atoms with E-state index in [4.69, 9.17) is 4.74 Å². The summed E-state index contributed by atoms with van der Waals surface area (Å²) < 4.78 is 5.56.